The van der Waals surface area contributed by atoms with Gasteiger partial charge in [0.15, 0.2) is 5.57 Å². The molecule has 2 rings (SSSR count). The van der Waals surface area contributed by atoms with Gasteiger partial charge < -0.3 is 9.84 Å². The Labute approximate surface area is 97.8 Å². The smallest absolute Gasteiger partial charge is 0.351 e. The number of ether oxygens (including phenoxy) is 1. The highest BCUT2D eigenvalue weighted by molar-refractivity contribution is 6.17. The summed E-state index contributed by atoms with van der Waals surface area (Å²) in [5.74, 6) is -1.78. The molecule has 0 saturated heterocycles. The van der Waals surface area contributed by atoms with Gasteiger partial charge in [0.1, 0.15) is 5.76 Å². The minimum Gasteiger partial charge on any atom is -0.477 e. The van der Waals surface area contributed by atoms with Gasteiger partial charge in [-0.15, -0.1) is 0 Å². The Morgan fingerprint density at radius 2 is 1.94 bits per heavy atom. The molecule has 0 aromatic heterocycles. The number of carbonyl (C=O) groups excluding carboxylic acids is 1. The molecule has 17 heavy (non-hydrogen) atoms. The van der Waals surface area contributed by atoms with E-state index >= 15 is 0 Å². The molecular weight excluding hydrogens is 220 g/mol. The lowest BCUT2D eigenvalue weighted by Gasteiger charge is -1.98. The van der Waals surface area contributed by atoms with Crippen molar-refractivity contribution in [3.8, 4) is 0 Å². The predicted molar refractivity (Wildman–Crippen MR) is 60.8 cm³/mol. The number of hydrogen-bond acceptors (Lipinski definition) is 3. The van der Waals surface area contributed by atoms with Crippen LogP contribution >= 0.6 is 0 Å². The number of aliphatic carboxylic acids is 1. The topological polar surface area (TPSA) is 63.6 Å². The molecule has 1 heterocycles. The second kappa shape index (κ2) is 4.25. The summed E-state index contributed by atoms with van der Waals surface area (Å²) in [6, 6.07) is 9.24. The van der Waals surface area contributed by atoms with E-state index in [2.05, 4.69) is 0 Å². The number of cyclic esters (lactones) is 1. The zero-order valence-corrected chi connectivity index (χ0v) is 9.14. The van der Waals surface area contributed by atoms with Gasteiger partial charge in [0.05, 0.1) is 0 Å². The highest BCUT2D eigenvalue weighted by Crippen LogP contribution is 2.27. The lowest BCUT2D eigenvalue weighted by atomic mass is 10.1. The van der Waals surface area contributed by atoms with Gasteiger partial charge in [-0.05, 0) is 18.6 Å². The number of carboxylic acids is 1. The monoisotopic (exact) mass is 230 g/mol. The second-order valence-corrected chi connectivity index (χ2v) is 3.61. The molecule has 1 aliphatic heterocycles. The van der Waals surface area contributed by atoms with E-state index in [0.29, 0.717) is 11.3 Å². The van der Waals surface area contributed by atoms with Gasteiger partial charge in [-0.2, -0.15) is 0 Å². The first-order chi connectivity index (χ1) is 8.09. The number of benzene rings is 1. The highest BCUT2D eigenvalue weighted by Gasteiger charge is 2.32. The fourth-order valence-electron chi connectivity index (χ4n) is 1.59. The molecule has 1 aliphatic rings. The molecule has 86 valence electrons. The second-order valence-electron chi connectivity index (χ2n) is 3.61. The summed E-state index contributed by atoms with van der Waals surface area (Å²) in [6.07, 6.45) is 1.64. The van der Waals surface area contributed by atoms with Crippen LogP contribution in [-0.2, 0) is 14.3 Å². The molecule has 4 heteroatoms. The van der Waals surface area contributed by atoms with Crippen LogP contribution in [0.1, 0.15) is 12.5 Å². The average molecular weight is 230 g/mol. The molecule has 0 fully saturated rings. The third-order valence-electron chi connectivity index (χ3n) is 2.46. The van der Waals surface area contributed by atoms with Crippen molar-refractivity contribution in [1.29, 1.82) is 0 Å². The van der Waals surface area contributed by atoms with Crippen molar-refractivity contribution < 1.29 is 19.4 Å². The van der Waals surface area contributed by atoms with E-state index in [1.54, 1.807) is 13.0 Å². The van der Waals surface area contributed by atoms with Crippen LogP contribution in [0.15, 0.2) is 47.2 Å². The predicted octanol–water partition coefficient (Wildman–Crippen LogP) is 1.99. The highest BCUT2D eigenvalue weighted by atomic mass is 16.5. The molecule has 0 unspecified atom stereocenters. The molecule has 0 bridgehead atoms. The summed E-state index contributed by atoms with van der Waals surface area (Å²) < 4.78 is 4.92. The van der Waals surface area contributed by atoms with Crippen molar-refractivity contribution in [1.82, 2.24) is 0 Å². The Hall–Kier alpha value is -2.36. The molecule has 1 aromatic carbocycles. The standard InChI is InChI=1S/C13H10O4/c1-8-10(7-9-5-3-2-4-6-9)17-13(16)11(8)12(14)15/h2-7H,1H3,(H,14,15). The number of hydrogen-bond donors (Lipinski definition) is 1. The first kappa shape index (κ1) is 11.1. The Morgan fingerprint density at radius 3 is 2.47 bits per heavy atom. The fraction of sp³-hybridized carbons (Fsp3) is 0.0769. The van der Waals surface area contributed by atoms with Gasteiger partial charge >= 0.3 is 11.9 Å². The van der Waals surface area contributed by atoms with E-state index in [-0.39, 0.29) is 5.57 Å². The van der Waals surface area contributed by atoms with Crippen molar-refractivity contribution in [3.05, 3.63) is 52.8 Å². The van der Waals surface area contributed by atoms with Gasteiger partial charge in [0.25, 0.3) is 0 Å². The summed E-state index contributed by atoms with van der Waals surface area (Å²) in [5, 5.41) is 8.85. The molecule has 0 spiro atoms. The maximum Gasteiger partial charge on any atom is 0.351 e. The van der Waals surface area contributed by atoms with Crippen LogP contribution in [0.4, 0.5) is 0 Å². The Kier molecular flexibility index (Phi) is 2.78. The summed E-state index contributed by atoms with van der Waals surface area (Å²) in [6.45, 7) is 1.56. The Morgan fingerprint density at radius 1 is 1.29 bits per heavy atom. The van der Waals surface area contributed by atoms with E-state index in [4.69, 9.17) is 9.84 Å². The number of carboxylic acid groups (broad SMARTS) is 1. The molecule has 1 N–H and O–H groups in total. The minimum absolute atomic E-state index is 0.290. The molecule has 4 nitrogen and oxygen atoms in total. The quantitative estimate of drug-likeness (QED) is 0.623. The van der Waals surface area contributed by atoms with Crippen LogP contribution in [0, 0.1) is 0 Å². The third kappa shape index (κ3) is 2.10. The van der Waals surface area contributed by atoms with E-state index in [1.807, 2.05) is 30.3 Å². The fourth-order valence-corrected chi connectivity index (χ4v) is 1.59. The van der Waals surface area contributed by atoms with Gasteiger partial charge in [0.2, 0.25) is 0 Å². The van der Waals surface area contributed by atoms with Crippen molar-refractivity contribution in [2.45, 2.75) is 6.92 Å². The summed E-state index contributed by atoms with van der Waals surface area (Å²) >= 11 is 0. The SMILES string of the molecule is CC1=C(C(=O)O)C(=O)OC1=Cc1ccccc1. The zero-order chi connectivity index (χ0) is 12.4. The maximum absolute atomic E-state index is 11.3. The lowest BCUT2D eigenvalue weighted by molar-refractivity contribution is -0.139. The lowest BCUT2D eigenvalue weighted by Crippen LogP contribution is -2.09. The number of allylic oxidation sites excluding steroid dienone is 1. The number of carbonyl (C=O) groups is 2. The van der Waals surface area contributed by atoms with Crippen LogP contribution in [0.5, 0.6) is 0 Å². The van der Waals surface area contributed by atoms with E-state index in [0.717, 1.165) is 5.56 Å². The largest absolute Gasteiger partial charge is 0.477 e. The molecule has 0 aliphatic carbocycles. The molecule has 0 atom stereocenters. The van der Waals surface area contributed by atoms with Crippen molar-refractivity contribution in [3.63, 3.8) is 0 Å². The zero-order valence-electron chi connectivity index (χ0n) is 9.14. The van der Waals surface area contributed by atoms with Crippen molar-refractivity contribution in [2.75, 3.05) is 0 Å². The normalized spacial score (nSPS) is 17.5. The van der Waals surface area contributed by atoms with Crippen LogP contribution in [0.3, 0.4) is 0 Å². The van der Waals surface area contributed by atoms with Crippen molar-refractivity contribution >= 4 is 18.0 Å². The Bertz CT molecular complexity index is 538. The first-order valence-corrected chi connectivity index (χ1v) is 5.03. The minimum atomic E-state index is -1.26. The number of esters is 1. The third-order valence-corrected chi connectivity index (χ3v) is 2.46. The molecule has 0 saturated carbocycles. The summed E-state index contributed by atoms with van der Waals surface area (Å²) in [4.78, 5) is 22.2. The van der Waals surface area contributed by atoms with Crippen molar-refractivity contribution in [2.24, 2.45) is 0 Å². The van der Waals surface area contributed by atoms with E-state index in [9.17, 15) is 9.59 Å². The van der Waals surface area contributed by atoms with Gasteiger partial charge in [0, 0.05) is 5.57 Å². The van der Waals surface area contributed by atoms with E-state index in [1.165, 1.54) is 0 Å². The van der Waals surface area contributed by atoms with Crippen LogP contribution < -0.4 is 0 Å². The van der Waals surface area contributed by atoms with Gasteiger partial charge in [-0.3, -0.25) is 0 Å². The molecular formula is C13H10O4. The summed E-state index contributed by atoms with van der Waals surface area (Å²) in [5.41, 5.74) is 0.903. The molecule has 0 amide bonds. The average Bonchev–Trinajstić information content (AvgIpc) is 2.55. The van der Waals surface area contributed by atoms with Crippen LogP contribution in [-0.4, -0.2) is 17.0 Å². The van der Waals surface area contributed by atoms with Crippen LogP contribution in [0.25, 0.3) is 6.08 Å². The van der Waals surface area contributed by atoms with E-state index < -0.39 is 11.9 Å². The van der Waals surface area contributed by atoms with Crippen LogP contribution in [0.2, 0.25) is 0 Å². The Balaban J connectivity index is 2.41. The van der Waals surface area contributed by atoms with Gasteiger partial charge in [-0.1, -0.05) is 30.3 Å². The first-order valence-electron chi connectivity index (χ1n) is 5.03. The maximum atomic E-state index is 11.3. The molecule has 0 radical (unpaired) electrons. The summed E-state index contributed by atoms with van der Waals surface area (Å²) in [7, 11) is 0. The van der Waals surface area contributed by atoms with Gasteiger partial charge in [-0.25, -0.2) is 9.59 Å². The molecule has 1 aromatic rings. The number of rotatable bonds is 2.